The van der Waals surface area contributed by atoms with E-state index in [1.807, 2.05) is 0 Å². The first-order chi connectivity index (χ1) is 6.50. The van der Waals surface area contributed by atoms with Gasteiger partial charge >= 0.3 is 5.97 Å². The Hall–Kier alpha value is -1.03. The lowest BCUT2D eigenvalue weighted by Crippen LogP contribution is -2.28. The zero-order valence-electron chi connectivity index (χ0n) is 7.95. The zero-order valence-corrected chi connectivity index (χ0v) is 8.77. The Balaban J connectivity index is 3.13. The maximum absolute atomic E-state index is 12.6. The van der Waals surface area contributed by atoms with E-state index in [-0.39, 0.29) is 5.82 Å². The fourth-order valence-electron chi connectivity index (χ4n) is 1.10. The van der Waals surface area contributed by atoms with Gasteiger partial charge in [-0.25, -0.2) is 4.39 Å². The zero-order chi connectivity index (χ0) is 10.8. The van der Waals surface area contributed by atoms with Crippen LogP contribution in [0.4, 0.5) is 4.39 Å². The molecule has 76 valence electrons. The van der Waals surface area contributed by atoms with Crippen molar-refractivity contribution < 1.29 is 14.3 Å². The van der Waals surface area contributed by atoms with E-state index in [4.69, 9.17) is 5.11 Å². The molecule has 0 bridgehead atoms. The smallest absolute Gasteiger partial charge is 0.324 e. The van der Waals surface area contributed by atoms with Gasteiger partial charge in [0.15, 0.2) is 0 Å². The first kappa shape index (κ1) is 11.0. The maximum atomic E-state index is 12.6. The van der Waals surface area contributed by atoms with E-state index in [9.17, 15) is 9.18 Å². The second kappa shape index (κ2) is 4.00. The van der Waals surface area contributed by atoms with Gasteiger partial charge in [0.1, 0.15) is 10.6 Å². The highest BCUT2D eigenvalue weighted by Crippen LogP contribution is 2.34. The van der Waals surface area contributed by atoms with Crippen LogP contribution in [-0.2, 0) is 9.54 Å². The van der Waals surface area contributed by atoms with E-state index >= 15 is 0 Å². The fourth-order valence-corrected chi connectivity index (χ4v) is 1.64. The van der Waals surface area contributed by atoms with Crippen LogP contribution in [-0.4, -0.2) is 17.3 Å². The molecule has 2 nitrogen and oxygen atoms in total. The number of rotatable bonds is 3. The quantitative estimate of drug-likeness (QED) is 0.840. The monoisotopic (exact) mass is 214 g/mol. The molecule has 0 radical (unpaired) electrons. The number of carboxylic acids is 1. The second-order valence-electron chi connectivity index (χ2n) is 3.05. The Kier molecular flexibility index (Phi) is 3.16. The number of carboxylic acid groups (broad SMARTS) is 1. The first-order valence-corrected chi connectivity index (χ1v) is 5.28. The molecule has 14 heavy (non-hydrogen) atoms. The molecule has 1 N–H and O–H groups in total. The summed E-state index contributed by atoms with van der Waals surface area (Å²) in [4.78, 5) is 11.0. The Labute approximate surface area is 86.1 Å². The van der Waals surface area contributed by atoms with Gasteiger partial charge in [0.05, 0.1) is 0 Å². The van der Waals surface area contributed by atoms with E-state index in [2.05, 4.69) is 0 Å². The normalized spacial score (nSPS) is 14.8. The van der Waals surface area contributed by atoms with Gasteiger partial charge in [0.25, 0.3) is 0 Å². The van der Waals surface area contributed by atoms with Crippen LogP contribution in [0.2, 0.25) is 0 Å². The third-order valence-electron chi connectivity index (χ3n) is 2.21. The summed E-state index contributed by atoms with van der Waals surface area (Å²) in [6.45, 7) is 1.60. The van der Waals surface area contributed by atoms with E-state index in [0.717, 1.165) is 0 Å². The predicted molar refractivity (Wildman–Crippen MR) is 54.9 cm³/mol. The van der Waals surface area contributed by atoms with E-state index < -0.39 is 10.7 Å². The molecule has 4 heteroatoms. The molecule has 0 heterocycles. The van der Waals surface area contributed by atoms with Crippen molar-refractivity contribution in [1.82, 2.24) is 0 Å². The molecule has 1 aromatic rings. The number of halogens is 1. The topological polar surface area (TPSA) is 37.3 Å². The van der Waals surface area contributed by atoms with Gasteiger partial charge in [-0.1, -0.05) is 12.1 Å². The molecule has 1 rings (SSSR count). The van der Waals surface area contributed by atoms with Crippen LogP contribution >= 0.6 is 11.8 Å². The molecule has 0 aliphatic rings. The van der Waals surface area contributed by atoms with Gasteiger partial charge in [0.2, 0.25) is 0 Å². The van der Waals surface area contributed by atoms with Crippen molar-refractivity contribution in [3.63, 3.8) is 0 Å². The molecule has 0 saturated heterocycles. The highest BCUT2D eigenvalue weighted by atomic mass is 32.2. The molecule has 0 aliphatic carbocycles. The SMILES string of the molecule is CSC(C)(C(=O)O)c1ccc(F)cc1. The second-order valence-corrected chi connectivity index (χ2v) is 4.27. The Bertz CT molecular complexity index is 336. The molecule has 1 atom stereocenters. The summed E-state index contributed by atoms with van der Waals surface area (Å²) < 4.78 is 11.6. The summed E-state index contributed by atoms with van der Waals surface area (Å²) >= 11 is 1.22. The number of aliphatic carboxylic acids is 1. The van der Waals surface area contributed by atoms with Crippen LogP contribution in [0.3, 0.4) is 0 Å². The van der Waals surface area contributed by atoms with Crippen molar-refractivity contribution in [2.24, 2.45) is 0 Å². The summed E-state index contributed by atoms with van der Waals surface area (Å²) in [6, 6.07) is 5.54. The highest BCUT2D eigenvalue weighted by Gasteiger charge is 2.34. The Morgan fingerprint density at radius 3 is 2.29 bits per heavy atom. The lowest BCUT2D eigenvalue weighted by atomic mass is 10.0. The van der Waals surface area contributed by atoms with Crippen molar-refractivity contribution in [2.45, 2.75) is 11.7 Å². The molecular formula is C10H11FO2S. The molecule has 0 aliphatic heterocycles. The van der Waals surface area contributed by atoms with Gasteiger partial charge in [0, 0.05) is 0 Å². The van der Waals surface area contributed by atoms with E-state index in [1.165, 1.54) is 36.0 Å². The molecule has 0 amide bonds. The van der Waals surface area contributed by atoms with Gasteiger partial charge < -0.3 is 5.11 Å². The highest BCUT2D eigenvalue weighted by molar-refractivity contribution is 8.00. The van der Waals surface area contributed by atoms with Crippen LogP contribution in [0.1, 0.15) is 12.5 Å². The molecule has 1 unspecified atom stereocenters. The lowest BCUT2D eigenvalue weighted by Gasteiger charge is -2.22. The first-order valence-electron chi connectivity index (χ1n) is 4.05. The third-order valence-corrected chi connectivity index (χ3v) is 3.44. The lowest BCUT2D eigenvalue weighted by molar-refractivity contribution is -0.139. The maximum Gasteiger partial charge on any atom is 0.324 e. The number of hydrogen-bond acceptors (Lipinski definition) is 2. The van der Waals surface area contributed by atoms with Crippen molar-refractivity contribution in [2.75, 3.05) is 6.26 Å². The average Bonchev–Trinajstić information content (AvgIpc) is 2.17. The molecule has 1 aromatic carbocycles. The third kappa shape index (κ3) is 1.90. The summed E-state index contributed by atoms with van der Waals surface area (Å²) in [5.74, 6) is -1.28. The standard InChI is InChI=1S/C10H11FO2S/c1-10(14-2,9(12)13)7-3-5-8(11)6-4-7/h3-6H,1-2H3,(H,12,13). The summed E-state index contributed by atoms with van der Waals surface area (Å²) in [5, 5.41) is 9.04. The van der Waals surface area contributed by atoms with E-state index in [0.29, 0.717) is 5.56 Å². The molecule has 0 fully saturated rings. The van der Waals surface area contributed by atoms with Gasteiger partial charge in [-0.2, -0.15) is 0 Å². The Morgan fingerprint density at radius 1 is 1.43 bits per heavy atom. The minimum absolute atomic E-state index is 0.359. The Morgan fingerprint density at radius 2 is 1.93 bits per heavy atom. The van der Waals surface area contributed by atoms with Crippen LogP contribution in [0.5, 0.6) is 0 Å². The largest absolute Gasteiger partial charge is 0.480 e. The fraction of sp³-hybridized carbons (Fsp3) is 0.300. The summed E-state index contributed by atoms with van der Waals surface area (Å²) in [6.07, 6.45) is 1.72. The van der Waals surface area contributed by atoms with Crippen molar-refractivity contribution in [3.05, 3.63) is 35.6 Å². The van der Waals surface area contributed by atoms with Crippen LogP contribution in [0.15, 0.2) is 24.3 Å². The minimum Gasteiger partial charge on any atom is -0.480 e. The number of benzene rings is 1. The average molecular weight is 214 g/mol. The molecule has 0 saturated carbocycles. The van der Waals surface area contributed by atoms with E-state index in [1.54, 1.807) is 13.2 Å². The molecule has 0 spiro atoms. The van der Waals surface area contributed by atoms with Crippen LogP contribution in [0, 0.1) is 5.82 Å². The summed E-state index contributed by atoms with van der Waals surface area (Å²) in [7, 11) is 0. The van der Waals surface area contributed by atoms with Gasteiger partial charge in [-0.05, 0) is 30.9 Å². The summed E-state index contributed by atoms with van der Waals surface area (Å²) in [5.41, 5.74) is 0.596. The van der Waals surface area contributed by atoms with Crippen LogP contribution < -0.4 is 0 Å². The minimum atomic E-state index is -1.01. The van der Waals surface area contributed by atoms with Gasteiger partial charge in [-0.15, -0.1) is 11.8 Å². The van der Waals surface area contributed by atoms with Crippen molar-refractivity contribution in [3.8, 4) is 0 Å². The number of hydrogen-bond donors (Lipinski definition) is 1. The molecular weight excluding hydrogens is 203 g/mol. The van der Waals surface area contributed by atoms with Crippen molar-refractivity contribution >= 4 is 17.7 Å². The van der Waals surface area contributed by atoms with Gasteiger partial charge in [-0.3, -0.25) is 4.79 Å². The number of carbonyl (C=O) groups is 1. The van der Waals surface area contributed by atoms with Crippen LogP contribution in [0.25, 0.3) is 0 Å². The number of thioether (sulfide) groups is 1. The predicted octanol–water partition coefficient (Wildman–Crippen LogP) is 2.49. The molecule has 0 aromatic heterocycles. The van der Waals surface area contributed by atoms with Crippen molar-refractivity contribution in [1.29, 1.82) is 0 Å².